The predicted octanol–water partition coefficient (Wildman–Crippen LogP) is 3.70. The van der Waals surface area contributed by atoms with Crippen LogP contribution >= 0.6 is 0 Å². The summed E-state index contributed by atoms with van der Waals surface area (Å²) in [5, 5.41) is 3.52. The second-order valence-corrected chi connectivity index (χ2v) is 8.31. The Bertz CT molecular complexity index is 1020. The van der Waals surface area contributed by atoms with Gasteiger partial charge in [-0.05, 0) is 43.7 Å². The number of nitrogens with two attached hydrogens (primary N) is 1. The van der Waals surface area contributed by atoms with E-state index in [0.29, 0.717) is 31.5 Å². The van der Waals surface area contributed by atoms with Crippen LogP contribution < -0.4 is 5.73 Å². The number of aromatic nitrogens is 2. The van der Waals surface area contributed by atoms with Crippen molar-refractivity contribution in [3.63, 3.8) is 0 Å². The minimum atomic E-state index is -4.48. The van der Waals surface area contributed by atoms with Gasteiger partial charge in [-0.2, -0.15) is 18.2 Å². The van der Waals surface area contributed by atoms with Crippen LogP contribution in [0.3, 0.4) is 0 Å². The van der Waals surface area contributed by atoms with Crippen LogP contribution in [-0.2, 0) is 16.6 Å². The maximum absolute atomic E-state index is 13.8. The molecule has 174 valence electrons. The molecule has 1 saturated heterocycles. The molecule has 1 saturated carbocycles. The van der Waals surface area contributed by atoms with E-state index >= 15 is 0 Å². The lowest BCUT2D eigenvalue weighted by atomic mass is 10.0. The molecule has 1 amide bonds. The van der Waals surface area contributed by atoms with E-state index in [4.69, 9.17) is 10.3 Å². The third kappa shape index (κ3) is 4.07. The highest BCUT2D eigenvalue weighted by atomic mass is 19.4. The van der Waals surface area contributed by atoms with Gasteiger partial charge in [-0.15, -0.1) is 0 Å². The molecule has 2 aliphatic rings. The van der Waals surface area contributed by atoms with Crippen molar-refractivity contribution in [3.05, 3.63) is 46.9 Å². The van der Waals surface area contributed by atoms with Crippen LogP contribution in [0.1, 0.15) is 55.4 Å². The van der Waals surface area contributed by atoms with E-state index < -0.39 is 52.9 Å². The van der Waals surface area contributed by atoms with Gasteiger partial charge in [0.25, 0.3) is 0 Å². The van der Waals surface area contributed by atoms with Crippen molar-refractivity contribution in [1.29, 1.82) is 0 Å². The lowest BCUT2D eigenvalue weighted by molar-refractivity contribution is -0.162. The second-order valence-electron chi connectivity index (χ2n) is 8.31. The SMILES string of the molecule is NC(CC(=O)N1CCC[C@H]1c1nc(C2(C(F)(F)F)CC2)no1)Cc1cc(F)c(F)cc1F. The predicted molar refractivity (Wildman–Crippen MR) is 97.6 cm³/mol. The lowest BCUT2D eigenvalue weighted by Crippen LogP contribution is -2.36. The van der Waals surface area contributed by atoms with E-state index in [1.54, 1.807) is 0 Å². The molecule has 0 spiro atoms. The largest absolute Gasteiger partial charge is 0.401 e. The Morgan fingerprint density at radius 2 is 1.91 bits per heavy atom. The van der Waals surface area contributed by atoms with Crippen LogP contribution in [-0.4, -0.2) is 39.7 Å². The van der Waals surface area contributed by atoms with Crippen LogP contribution in [0.2, 0.25) is 0 Å². The number of alkyl halides is 3. The van der Waals surface area contributed by atoms with Gasteiger partial charge in [0.05, 0.1) is 0 Å². The van der Waals surface area contributed by atoms with Crippen LogP contribution in [0.25, 0.3) is 0 Å². The quantitative estimate of drug-likeness (QED) is 0.523. The Balaban J connectivity index is 1.43. The number of benzene rings is 1. The van der Waals surface area contributed by atoms with E-state index in [2.05, 4.69) is 10.1 Å². The van der Waals surface area contributed by atoms with E-state index in [1.807, 2.05) is 0 Å². The smallest absolute Gasteiger partial charge is 0.337 e. The normalized spacial score (nSPS) is 21.1. The van der Waals surface area contributed by atoms with Gasteiger partial charge in [-0.3, -0.25) is 4.79 Å². The number of hydrogen-bond donors (Lipinski definition) is 1. The highest BCUT2D eigenvalue weighted by Crippen LogP contribution is 2.58. The van der Waals surface area contributed by atoms with Crippen LogP contribution in [0.15, 0.2) is 16.7 Å². The Morgan fingerprint density at radius 3 is 2.56 bits per heavy atom. The number of amides is 1. The third-order valence-corrected chi connectivity index (χ3v) is 6.03. The fourth-order valence-corrected chi connectivity index (χ4v) is 4.06. The highest BCUT2D eigenvalue weighted by molar-refractivity contribution is 5.77. The van der Waals surface area contributed by atoms with Crippen molar-refractivity contribution < 1.29 is 35.7 Å². The molecule has 1 aromatic carbocycles. The zero-order valence-corrected chi connectivity index (χ0v) is 16.8. The van der Waals surface area contributed by atoms with Gasteiger partial charge in [-0.25, -0.2) is 13.2 Å². The summed E-state index contributed by atoms with van der Waals surface area (Å²) >= 11 is 0. The average molecular weight is 462 g/mol. The van der Waals surface area contributed by atoms with Crippen molar-refractivity contribution in [2.24, 2.45) is 5.73 Å². The molecule has 1 aliphatic carbocycles. The molecule has 1 aliphatic heterocycles. The molecule has 1 unspecified atom stereocenters. The maximum atomic E-state index is 13.8. The van der Waals surface area contributed by atoms with Gasteiger partial charge in [0, 0.05) is 25.1 Å². The zero-order valence-electron chi connectivity index (χ0n) is 16.8. The van der Waals surface area contributed by atoms with E-state index in [9.17, 15) is 31.1 Å². The first kappa shape index (κ1) is 22.6. The molecule has 2 N–H and O–H groups in total. The number of carbonyl (C=O) groups is 1. The molecule has 2 atom stereocenters. The molecule has 4 rings (SSSR count). The summed E-state index contributed by atoms with van der Waals surface area (Å²) in [5.41, 5.74) is 3.68. The molecule has 2 aromatic rings. The van der Waals surface area contributed by atoms with Gasteiger partial charge in [-0.1, -0.05) is 5.16 Å². The third-order valence-electron chi connectivity index (χ3n) is 6.03. The first-order chi connectivity index (χ1) is 15.0. The van der Waals surface area contributed by atoms with Crippen molar-refractivity contribution >= 4 is 5.91 Å². The van der Waals surface area contributed by atoms with Crippen molar-refractivity contribution in [1.82, 2.24) is 15.0 Å². The number of nitrogens with zero attached hydrogens (tertiary/aromatic N) is 3. The Labute approximate surface area is 178 Å². The Kier molecular flexibility index (Phi) is 5.68. The molecule has 2 fully saturated rings. The average Bonchev–Trinajstić information content (AvgIpc) is 3.16. The Hall–Kier alpha value is -2.63. The Morgan fingerprint density at radius 1 is 1.22 bits per heavy atom. The summed E-state index contributed by atoms with van der Waals surface area (Å²) in [6, 6.07) is -0.459. The summed E-state index contributed by atoms with van der Waals surface area (Å²) in [5.74, 6) is -4.44. The topological polar surface area (TPSA) is 85.3 Å². The van der Waals surface area contributed by atoms with Gasteiger partial charge in [0.1, 0.15) is 17.3 Å². The van der Waals surface area contributed by atoms with Crippen molar-refractivity contribution in [2.75, 3.05) is 6.54 Å². The molecular formula is C20H20F6N4O2. The summed E-state index contributed by atoms with van der Waals surface area (Å²) < 4.78 is 85.3. The number of likely N-dealkylation sites (tertiary alicyclic amines) is 1. The monoisotopic (exact) mass is 462 g/mol. The van der Waals surface area contributed by atoms with Crippen LogP contribution in [0.4, 0.5) is 26.3 Å². The summed E-state index contributed by atoms with van der Waals surface area (Å²) in [4.78, 5) is 18.1. The standard InChI is InChI=1S/C20H20F6N4O2/c21-12-9-14(23)13(22)7-10(12)6-11(27)8-16(31)30-5-1-2-15(30)17-28-18(29-32-17)19(3-4-19)20(24,25)26/h7,9,11,15H,1-6,8,27H2/t11?,15-/m0/s1. The lowest BCUT2D eigenvalue weighted by Gasteiger charge is -2.23. The molecular weight excluding hydrogens is 442 g/mol. The molecule has 0 bridgehead atoms. The van der Waals surface area contributed by atoms with Crippen LogP contribution in [0, 0.1) is 17.5 Å². The zero-order chi connectivity index (χ0) is 23.3. The number of rotatable bonds is 6. The minimum Gasteiger partial charge on any atom is -0.337 e. The van der Waals surface area contributed by atoms with E-state index in [-0.39, 0.29) is 37.1 Å². The first-order valence-corrected chi connectivity index (χ1v) is 10.1. The van der Waals surface area contributed by atoms with Crippen LogP contribution in [0.5, 0.6) is 0 Å². The molecule has 0 radical (unpaired) electrons. The van der Waals surface area contributed by atoms with Crippen molar-refractivity contribution in [2.45, 2.75) is 62.2 Å². The van der Waals surface area contributed by atoms with E-state index in [1.165, 1.54) is 4.90 Å². The number of carbonyl (C=O) groups excluding carboxylic acids is 1. The van der Waals surface area contributed by atoms with Gasteiger partial charge in [0.15, 0.2) is 17.5 Å². The molecule has 12 heteroatoms. The number of hydrogen-bond acceptors (Lipinski definition) is 5. The summed E-state index contributed by atoms with van der Waals surface area (Å²) in [6.45, 7) is 0.317. The minimum absolute atomic E-state index is 0.0680. The van der Waals surface area contributed by atoms with E-state index in [0.717, 1.165) is 0 Å². The van der Waals surface area contributed by atoms with Crippen molar-refractivity contribution in [3.8, 4) is 0 Å². The maximum Gasteiger partial charge on any atom is 0.401 e. The summed E-state index contributed by atoms with van der Waals surface area (Å²) in [7, 11) is 0. The van der Waals surface area contributed by atoms with Gasteiger partial charge in [0.2, 0.25) is 11.8 Å². The molecule has 2 heterocycles. The molecule has 32 heavy (non-hydrogen) atoms. The van der Waals surface area contributed by atoms with Gasteiger partial charge >= 0.3 is 6.18 Å². The van der Waals surface area contributed by atoms with Gasteiger partial charge < -0.3 is 15.2 Å². The summed E-state index contributed by atoms with van der Waals surface area (Å²) in [6.07, 6.45) is -4.14. The second kappa shape index (κ2) is 8.05. The molecule has 6 nitrogen and oxygen atoms in total. The highest BCUT2D eigenvalue weighted by Gasteiger charge is 2.67. The fourth-order valence-electron chi connectivity index (χ4n) is 4.06. The first-order valence-electron chi connectivity index (χ1n) is 10.1. The number of halogens is 6. The molecule has 1 aromatic heterocycles. The fraction of sp³-hybridized carbons (Fsp3) is 0.550.